The van der Waals surface area contributed by atoms with E-state index in [-0.39, 0.29) is 23.6 Å². The Kier molecular flexibility index (Phi) is 10.6. The van der Waals surface area contributed by atoms with Gasteiger partial charge >= 0.3 is 0 Å². The molecule has 9 heteroatoms. The lowest BCUT2D eigenvalue weighted by Crippen LogP contribution is -2.34. The van der Waals surface area contributed by atoms with Crippen molar-refractivity contribution in [1.29, 1.82) is 0 Å². The summed E-state index contributed by atoms with van der Waals surface area (Å²) < 4.78 is 5.52. The molecule has 0 atom stereocenters. The molecule has 0 spiro atoms. The minimum atomic E-state index is -0.285. The number of unbranched alkanes of at least 4 members (excludes halogenated alkanes) is 2. The molecule has 32 heavy (non-hydrogen) atoms. The first-order valence-electron chi connectivity index (χ1n) is 10.7. The normalized spacial score (nSPS) is 12.7. The average molecular weight is 444 g/mol. The minimum absolute atomic E-state index is 0.0942. The van der Waals surface area contributed by atoms with Gasteiger partial charge in [-0.05, 0) is 43.5 Å². The van der Waals surface area contributed by atoms with Crippen LogP contribution in [0.15, 0.2) is 36.4 Å². The molecule has 1 heterocycles. The van der Waals surface area contributed by atoms with E-state index in [1.807, 2.05) is 0 Å². The molecule has 1 aliphatic rings. The zero-order chi connectivity index (χ0) is 23.2. The van der Waals surface area contributed by atoms with Gasteiger partial charge in [0.2, 0.25) is 11.8 Å². The van der Waals surface area contributed by atoms with Crippen LogP contribution >= 0.6 is 0 Å². The third kappa shape index (κ3) is 9.11. The predicted octanol–water partition coefficient (Wildman–Crippen LogP) is 1.38. The number of nitrogens with zero attached hydrogens (tertiary/aromatic N) is 1. The SMILES string of the molecule is O=Cc1ccc(OCCCC(=O)NCCNC(=O)CCCCCN2C(=O)C=CC2=O)cc1. The highest BCUT2D eigenvalue weighted by molar-refractivity contribution is 6.12. The molecule has 172 valence electrons. The van der Waals surface area contributed by atoms with Gasteiger partial charge in [-0.1, -0.05) is 6.42 Å². The van der Waals surface area contributed by atoms with Crippen LogP contribution in [-0.4, -0.2) is 61.1 Å². The molecular weight excluding hydrogens is 414 g/mol. The summed E-state index contributed by atoms with van der Waals surface area (Å²) in [6.07, 6.45) is 6.59. The van der Waals surface area contributed by atoms with E-state index in [1.165, 1.54) is 17.1 Å². The highest BCUT2D eigenvalue weighted by Gasteiger charge is 2.22. The zero-order valence-electron chi connectivity index (χ0n) is 18.0. The Labute approximate surface area is 187 Å². The van der Waals surface area contributed by atoms with Crippen molar-refractivity contribution in [2.75, 3.05) is 26.2 Å². The molecule has 0 aromatic heterocycles. The Hall–Kier alpha value is -3.49. The van der Waals surface area contributed by atoms with E-state index in [1.54, 1.807) is 24.3 Å². The standard InChI is InChI=1S/C23H29N3O6/c27-17-18-7-9-19(10-8-18)32-16-4-6-21(29)25-14-13-24-20(28)5-2-1-3-15-26-22(30)11-12-23(26)31/h7-12,17H,1-6,13-16H2,(H,24,28)(H,25,29). The fourth-order valence-electron chi connectivity index (χ4n) is 3.03. The quantitative estimate of drug-likeness (QED) is 0.240. The van der Waals surface area contributed by atoms with Gasteiger partial charge < -0.3 is 15.4 Å². The number of hydrogen-bond donors (Lipinski definition) is 2. The summed E-state index contributed by atoms with van der Waals surface area (Å²) in [6, 6.07) is 6.75. The molecule has 2 N–H and O–H groups in total. The Bertz CT molecular complexity index is 817. The summed E-state index contributed by atoms with van der Waals surface area (Å²) in [5.74, 6) is -0.128. The Morgan fingerprint density at radius 2 is 1.44 bits per heavy atom. The number of amides is 4. The van der Waals surface area contributed by atoms with Crippen molar-refractivity contribution < 1.29 is 28.7 Å². The van der Waals surface area contributed by atoms with Gasteiger partial charge in [0.15, 0.2) is 0 Å². The van der Waals surface area contributed by atoms with Gasteiger partial charge in [0.05, 0.1) is 6.61 Å². The van der Waals surface area contributed by atoms with Crippen molar-refractivity contribution in [2.24, 2.45) is 0 Å². The van der Waals surface area contributed by atoms with E-state index in [2.05, 4.69) is 10.6 Å². The second-order valence-electron chi connectivity index (χ2n) is 7.31. The summed E-state index contributed by atoms with van der Waals surface area (Å²) in [6.45, 7) is 1.47. The molecule has 0 fully saturated rings. The number of benzene rings is 1. The van der Waals surface area contributed by atoms with E-state index in [0.29, 0.717) is 69.7 Å². The number of ether oxygens (including phenoxy) is 1. The summed E-state index contributed by atoms with van der Waals surface area (Å²) in [5, 5.41) is 5.49. The smallest absolute Gasteiger partial charge is 0.253 e. The van der Waals surface area contributed by atoms with Crippen LogP contribution in [0.4, 0.5) is 0 Å². The van der Waals surface area contributed by atoms with E-state index in [9.17, 15) is 24.0 Å². The molecule has 0 aliphatic carbocycles. The number of aldehydes is 1. The zero-order valence-corrected chi connectivity index (χ0v) is 18.0. The van der Waals surface area contributed by atoms with Gasteiger partial charge in [-0.2, -0.15) is 0 Å². The lowest BCUT2D eigenvalue weighted by atomic mass is 10.2. The first-order chi connectivity index (χ1) is 15.5. The second-order valence-corrected chi connectivity index (χ2v) is 7.31. The average Bonchev–Trinajstić information content (AvgIpc) is 3.12. The van der Waals surface area contributed by atoms with Crippen molar-refractivity contribution in [3.63, 3.8) is 0 Å². The molecule has 0 radical (unpaired) electrons. The molecule has 2 rings (SSSR count). The van der Waals surface area contributed by atoms with Crippen molar-refractivity contribution in [2.45, 2.75) is 38.5 Å². The maximum absolute atomic E-state index is 11.8. The summed E-state index contributed by atoms with van der Waals surface area (Å²) in [5.41, 5.74) is 0.578. The Morgan fingerprint density at radius 3 is 2.03 bits per heavy atom. The third-order valence-electron chi connectivity index (χ3n) is 4.79. The number of carbonyl (C=O) groups excluding carboxylic acids is 5. The van der Waals surface area contributed by atoms with Crippen LogP contribution < -0.4 is 15.4 Å². The highest BCUT2D eigenvalue weighted by atomic mass is 16.5. The lowest BCUT2D eigenvalue weighted by molar-refractivity contribution is -0.137. The van der Waals surface area contributed by atoms with Crippen LogP contribution in [-0.2, 0) is 19.2 Å². The number of carbonyl (C=O) groups is 5. The number of rotatable bonds is 15. The number of hydrogen-bond acceptors (Lipinski definition) is 6. The highest BCUT2D eigenvalue weighted by Crippen LogP contribution is 2.11. The number of nitrogens with one attached hydrogen (secondary N) is 2. The second kappa shape index (κ2) is 13.7. The molecule has 1 aliphatic heterocycles. The van der Waals surface area contributed by atoms with Crippen LogP contribution in [0.3, 0.4) is 0 Å². The monoisotopic (exact) mass is 443 g/mol. The van der Waals surface area contributed by atoms with E-state index >= 15 is 0 Å². The van der Waals surface area contributed by atoms with Crippen LogP contribution in [0.5, 0.6) is 5.75 Å². The van der Waals surface area contributed by atoms with Crippen molar-refractivity contribution in [1.82, 2.24) is 15.5 Å². The molecular formula is C23H29N3O6. The maximum Gasteiger partial charge on any atom is 0.253 e. The van der Waals surface area contributed by atoms with Crippen LogP contribution in [0.2, 0.25) is 0 Å². The molecule has 4 amide bonds. The summed E-state index contributed by atoms with van der Waals surface area (Å²) >= 11 is 0. The fraction of sp³-hybridized carbons (Fsp3) is 0.435. The van der Waals surface area contributed by atoms with Gasteiger partial charge in [-0.15, -0.1) is 0 Å². The third-order valence-corrected chi connectivity index (χ3v) is 4.79. The van der Waals surface area contributed by atoms with Gasteiger partial charge in [-0.25, -0.2) is 0 Å². The van der Waals surface area contributed by atoms with Crippen LogP contribution in [0.1, 0.15) is 48.9 Å². The molecule has 0 bridgehead atoms. The van der Waals surface area contributed by atoms with E-state index in [4.69, 9.17) is 4.74 Å². The van der Waals surface area contributed by atoms with Crippen LogP contribution in [0, 0.1) is 0 Å². The molecule has 1 aromatic carbocycles. The maximum atomic E-state index is 11.8. The minimum Gasteiger partial charge on any atom is -0.494 e. The van der Waals surface area contributed by atoms with Gasteiger partial charge in [0.1, 0.15) is 12.0 Å². The lowest BCUT2D eigenvalue weighted by Gasteiger charge is -2.13. The molecule has 0 saturated carbocycles. The first kappa shape index (κ1) is 24.8. The molecule has 0 unspecified atom stereocenters. The summed E-state index contributed by atoms with van der Waals surface area (Å²) in [4.78, 5) is 58.2. The summed E-state index contributed by atoms with van der Waals surface area (Å²) in [7, 11) is 0. The molecule has 9 nitrogen and oxygen atoms in total. The predicted molar refractivity (Wildman–Crippen MR) is 117 cm³/mol. The van der Waals surface area contributed by atoms with E-state index in [0.717, 1.165) is 12.7 Å². The Balaban J connectivity index is 1.41. The van der Waals surface area contributed by atoms with Crippen molar-refractivity contribution in [3.05, 3.63) is 42.0 Å². The van der Waals surface area contributed by atoms with Crippen LogP contribution in [0.25, 0.3) is 0 Å². The van der Waals surface area contributed by atoms with E-state index < -0.39 is 0 Å². The topological polar surface area (TPSA) is 122 Å². The van der Waals surface area contributed by atoms with Crippen molar-refractivity contribution >= 4 is 29.9 Å². The first-order valence-corrected chi connectivity index (χ1v) is 10.7. The molecule has 1 aromatic rings. The molecule has 0 saturated heterocycles. The van der Waals surface area contributed by atoms with Crippen molar-refractivity contribution in [3.8, 4) is 5.75 Å². The fourth-order valence-corrected chi connectivity index (χ4v) is 3.03. The van der Waals surface area contributed by atoms with Gasteiger partial charge in [-0.3, -0.25) is 28.9 Å². The largest absolute Gasteiger partial charge is 0.494 e. The van der Waals surface area contributed by atoms with Gasteiger partial charge in [0.25, 0.3) is 11.8 Å². The number of imide groups is 1. The Morgan fingerprint density at radius 1 is 0.844 bits per heavy atom. The van der Waals surface area contributed by atoms with Gasteiger partial charge in [0, 0.05) is 50.2 Å².